The van der Waals surface area contributed by atoms with E-state index in [2.05, 4.69) is 43.4 Å². The van der Waals surface area contributed by atoms with Gasteiger partial charge in [0.2, 0.25) is 0 Å². The number of para-hydroxylation sites is 1. The molecule has 0 aliphatic rings. The quantitative estimate of drug-likeness (QED) is 0.501. The van der Waals surface area contributed by atoms with Gasteiger partial charge in [0, 0.05) is 19.1 Å². The largest absolute Gasteiger partial charge is 0.493 e. The Balaban J connectivity index is 1.82. The molecule has 27 heavy (non-hydrogen) atoms. The van der Waals surface area contributed by atoms with Gasteiger partial charge in [-0.25, -0.2) is 0 Å². The van der Waals surface area contributed by atoms with Crippen LogP contribution in [0.5, 0.6) is 5.75 Å². The van der Waals surface area contributed by atoms with Crippen molar-refractivity contribution in [2.75, 3.05) is 13.2 Å². The Morgan fingerprint density at radius 3 is 2.63 bits per heavy atom. The Bertz CT molecular complexity index is 675. The molecular weight excluding hydrogens is 336 g/mol. The molecule has 4 nitrogen and oxygen atoms in total. The fourth-order valence-electron chi connectivity index (χ4n) is 3.01. The van der Waals surface area contributed by atoms with Gasteiger partial charge >= 0.3 is 0 Å². The highest BCUT2D eigenvalue weighted by Crippen LogP contribution is 2.20. The monoisotopic (exact) mass is 370 g/mol. The van der Waals surface area contributed by atoms with Crippen LogP contribution in [-0.2, 0) is 19.4 Å². The SMILES string of the molecule is CCCCOc1ccccc1C[C@H](N)[C@H](O)CNCc1cccc(CC)c1. The highest BCUT2D eigenvalue weighted by molar-refractivity contribution is 5.34. The van der Waals surface area contributed by atoms with Gasteiger partial charge in [0.15, 0.2) is 0 Å². The number of hydrogen-bond acceptors (Lipinski definition) is 4. The van der Waals surface area contributed by atoms with Gasteiger partial charge in [-0.15, -0.1) is 0 Å². The predicted molar refractivity (Wildman–Crippen MR) is 112 cm³/mol. The van der Waals surface area contributed by atoms with Crippen molar-refractivity contribution in [3.8, 4) is 5.75 Å². The van der Waals surface area contributed by atoms with Crippen LogP contribution < -0.4 is 15.8 Å². The molecule has 0 amide bonds. The summed E-state index contributed by atoms with van der Waals surface area (Å²) >= 11 is 0. The maximum Gasteiger partial charge on any atom is 0.122 e. The van der Waals surface area contributed by atoms with Crippen molar-refractivity contribution < 1.29 is 9.84 Å². The summed E-state index contributed by atoms with van der Waals surface area (Å²) in [5, 5.41) is 13.7. The first-order valence-electron chi connectivity index (χ1n) is 10.1. The summed E-state index contributed by atoms with van der Waals surface area (Å²) in [5.41, 5.74) is 9.86. The van der Waals surface area contributed by atoms with Gasteiger partial charge in [-0.1, -0.05) is 62.7 Å². The van der Waals surface area contributed by atoms with E-state index >= 15 is 0 Å². The molecule has 148 valence electrons. The van der Waals surface area contributed by atoms with E-state index in [1.165, 1.54) is 11.1 Å². The summed E-state index contributed by atoms with van der Waals surface area (Å²) in [5.74, 6) is 0.873. The lowest BCUT2D eigenvalue weighted by Gasteiger charge is -2.21. The van der Waals surface area contributed by atoms with Gasteiger partial charge in [0.05, 0.1) is 12.7 Å². The van der Waals surface area contributed by atoms with E-state index in [1.807, 2.05) is 24.3 Å². The standard InChI is InChI=1S/C23H34N2O2/c1-3-5-13-27-23-12-7-6-11-20(23)15-21(24)22(26)17-25-16-19-10-8-9-18(4-2)14-19/h6-12,14,21-22,25-26H,3-5,13,15-17,24H2,1-2H3/t21-,22+/m0/s1. The molecule has 2 aromatic carbocycles. The molecule has 0 aromatic heterocycles. The van der Waals surface area contributed by atoms with Crippen molar-refractivity contribution in [3.05, 3.63) is 65.2 Å². The minimum Gasteiger partial charge on any atom is -0.493 e. The van der Waals surface area contributed by atoms with Crippen LogP contribution >= 0.6 is 0 Å². The fraction of sp³-hybridized carbons (Fsp3) is 0.478. The first kappa shape index (κ1) is 21.4. The zero-order valence-electron chi connectivity index (χ0n) is 16.7. The predicted octanol–water partition coefficient (Wildman–Crippen LogP) is 3.45. The van der Waals surface area contributed by atoms with Gasteiger partial charge < -0.3 is 20.9 Å². The zero-order valence-corrected chi connectivity index (χ0v) is 16.7. The number of nitrogens with one attached hydrogen (secondary N) is 1. The third kappa shape index (κ3) is 7.33. The molecule has 4 heteroatoms. The Hall–Kier alpha value is -1.88. The molecule has 2 rings (SSSR count). The number of unbranched alkanes of at least 4 members (excludes halogenated alkanes) is 1. The van der Waals surface area contributed by atoms with Crippen molar-refractivity contribution in [1.29, 1.82) is 0 Å². The Morgan fingerprint density at radius 1 is 1.07 bits per heavy atom. The van der Waals surface area contributed by atoms with Crippen LogP contribution in [0.2, 0.25) is 0 Å². The van der Waals surface area contributed by atoms with Crippen LogP contribution in [0, 0.1) is 0 Å². The number of aliphatic hydroxyl groups excluding tert-OH is 1. The van der Waals surface area contributed by atoms with Crippen LogP contribution in [0.15, 0.2) is 48.5 Å². The van der Waals surface area contributed by atoms with Gasteiger partial charge in [0.25, 0.3) is 0 Å². The lowest BCUT2D eigenvalue weighted by Crippen LogP contribution is -2.43. The number of benzene rings is 2. The summed E-state index contributed by atoms with van der Waals surface area (Å²) in [7, 11) is 0. The smallest absolute Gasteiger partial charge is 0.122 e. The Morgan fingerprint density at radius 2 is 1.85 bits per heavy atom. The van der Waals surface area contributed by atoms with Crippen molar-refractivity contribution in [2.24, 2.45) is 5.73 Å². The molecule has 0 aliphatic heterocycles. The van der Waals surface area contributed by atoms with Gasteiger partial charge in [0.1, 0.15) is 5.75 Å². The third-order valence-corrected chi connectivity index (χ3v) is 4.76. The number of nitrogens with two attached hydrogens (primary N) is 1. The zero-order chi connectivity index (χ0) is 19.5. The second kappa shape index (κ2) is 11.8. The summed E-state index contributed by atoms with van der Waals surface area (Å²) in [4.78, 5) is 0. The molecule has 0 heterocycles. The van der Waals surface area contributed by atoms with Crippen LogP contribution in [0.4, 0.5) is 0 Å². The molecule has 0 spiro atoms. The van der Waals surface area contributed by atoms with Crippen LogP contribution in [0.3, 0.4) is 0 Å². The van der Waals surface area contributed by atoms with Crippen molar-refractivity contribution in [1.82, 2.24) is 5.32 Å². The van der Waals surface area contributed by atoms with E-state index in [0.717, 1.165) is 37.1 Å². The molecule has 0 aliphatic carbocycles. The van der Waals surface area contributed by atoms with E-state index in [4.69, 9.17) is 10.5 Å². The fourth-order valence-corrected chi connectivity index (χ4v) is 3.01. The van der Waals surface area contributed by atoms with E-state index in [-0.39, 0.29) is 6.04 Å². The van der Waals surface area contributed by atoms with Crippen molar-refractivity contribution >= 4 is 0 Å². The summed E-state index contributed by atoms with van der Waals surface area (Å²) in [6.45, 7) is 6.21. The lowest BCUT2D eigenvalue weighted by atomic mass is 10.0. The molecule has 0 fully saturated rings. The maximum atomic E-state index is 10.4. The number of aliphatic hydroxyl groups is 1. The number of aryl methyl sites for hydroxylation is 1. The van der Waals surface area contributed by atoms with E-state index in [9.17, 15) is 5.11 Å². The van der Waals surface area contributed by atoms with Crippen molar-refractivity contribution in [2.45, 2.75) is 58.2 Å². The second-order valence-electron chi connectivity index (χ2n) is 7.05. The average molecular weight is 371 g/mol. The summed E-state index contributed by atoms with van der Waals surface area (Å²) in [6, 6.07) is 16.1. The summed E-state index contributed by atoms with van der Waals surface area (Å²) in [6.07, 6.45) is 3.15. The third-order valence-electron chi connectivity index (χ3n) is 4.76. The Kier molecular flexibility index (Phi) is 9.32. The molecule has 0 unspecified atom stereocenters. The van der Waals surface area contributed by atoms with Gasteiger partial charge in [-0.05, 0) is 42.0 Å². The molecule has 2 aromatic rings. The van der Waals surface area contributed by atoms with Crippen LogP contribution in [-0.4, -0.2) is 30.4 Å². The van der Waals surface area contributed by atoms with E-state index < -0.39 is 6.10 Å². The molecule has 2 atom stereocenters. The average Bonchev–Trinajstić information content (AvgIpc) is 2.69. The van der Waals surface area contributed by atoms with Gasteiger partial charge in [-0.2, -0.15) is 0 Å². The highest BCUT2D eigenvalue weighted by Gasteiger charge is 2.17. The molecular formula is C23H34N2O2. The summed E-state index contributed by atoms with van der Waals surface area (Å²) < 4.78 is 5.87. The first-order chi connectivity index (χ1) is 13.1. The minimum absolute atomic E-state index is 0.338. The van der Waals surface area contributed by atoms with Gasteiger partial charge in [-0.3, -0.25) is 0 Å². The molecule has 0 saturated carbocycles. The minimum atomic E-state index is -0.608. The highest BCUT2D eigenvalue weighted by atomic mass is 16.5. The van der Waals surface area contributed by atoms with Crippen molar-refractivity contribution in [3.63, 3.8) is 0 Å². The normalized spacial score (nSPS) is 13.3. The number of ether oxygens (including phenoxy) is 1. The van der Waals surface area contributed by atoms with Crippen LogP contribution in [0.1, 0.15) is 43.4 Å². The topological polar surface area (TPSA) is 67.5 Å². The Labute approximate surface area is 163 Å². The maximum absolute atomic E-state index is 10.4. The molecule has 0 radical (unpaired) electrons. The second-order valence-corrected chi connectivity index (χ2v) is 7.05. The number of rotatable bonds is 12. The molecule has 0 bridgehead atoms. The molecule has 0 saturated heterocycles. The lowest BCUT2D eigenvalue weighted by molar-refractivity contribution is 0.141. The van der Waals surface area contributed by atoms with E-state index in [0.29, 0.717) is 19.6 Å². The first-order valence-corrected chi connectivity index (χ1v) is 10.1. The van der Waals surface area contributed by atoms with E-state index in [1.54, 1.807) is 0 Å². The number of hydrogen-bond donors (Lipinski definition) is 3. The molecule has 4 N–H and O–H groups in total. The van der Waals surface area contributed by atoms with Crippen LogP contribution in [0.25, 0.3) is 0 Å².